The van der Waals surface area contributed by atoms with Crippen molar-refractivity contribution < 1.29 is 19.8 Å². The Morgan fingerprint density at radius 3 is 2.53 bits per heavy atom. The lowest BCUT2D eigenvalue weighted by molar-refractivity contribution is -0.135. The van der Waals surface area contributed by atoms with Gasteiger partial charge in [0.1, 0.15) is 6.54 Å². The monoisotopic (exact) mass is 237 g/mol. The number of carbonyl (C=O) groups is 2. The third kappa shape index (κ3) is 3.88. The number of aliphatic carboxylic acids is 1. The van der Waals surface area contributed by atoms with Crippen molar-refractivity contribution in [3.8, 4) is 0 Å². The van der Waals surface area contributed by atoms with E-state index in [1.807, 2.05) is 0 Å². The Morgan fingerprint density at radius 1 is 1.35 bits per heavy atom. The Morgan fingerprint density at radius 2 is 2.00 bits per heavy atom. The van der Waals surface area contributed by atoms with E-state index in [1.165, 1.54) is 6.07 Å². The van der Waals surface area contributed by atoms with Crippen LogP contribution in [0.2, 0.25) is 0 Å². The molecule has 5 nitrogen and oxygen atoms in total. The number of hydrogen-bond donors (Lipinski definition) is 3. The van der Waals surface area contributed by atoms with Crippen LogP contribution < -0.4 is 5.32 Å². The van der Waals surface area contributed by atoms with E-state index in [9.17, 15) is 14.7 Å². The zero-order valence-electron chi connectivity index (χ0n) is 9.73. The molecule has 5 heteroatoms. The van der Waals surface area contributed by atoms with Crippen molar-refractivity contribution in [2.75, 3.05) is 6.54 Å². The molecular formula is C12H15NO4. The van der Waals surface area contributed by atoms with E-state index >= 15 is 0 Å². The number of carboxylic acid groups (broad SMARTS) is 1. The number of aliphatic hydroxyl groups is 1. The van der Waals surface area contributed by atoms with Crippen LogP contribution in [0.15, 0.2) is 24.3 Å². The molecule has 1 aromatic rings. The highest BCUT2D eigenvalue weighted by molar-refractivity contribution is 5.95. The predicted octanol–water partition coefficient (Wildman–Crippen LogP) is 0.728. The normalized spacial score (nSPS) is 11.0. The summed E-state index contributed by atoms with van der Waals surface area (Å²) >= 11 is 0. The van der Waals surface area contributed by atoms with Gasteiger partial charge in [-0.15, -0.1) is 0 Å². The lowest BCUT2D eigenvalue weighted by atomic mass is 9.96. The predicted molar refractivity (Wildman–Crippen MR) is 61.7 cm³/mol. The Balaban J connectivity index is 2.85. The van der Waals surface area contributed by atoms with Crippen molar-refractivity contribution in [2.45, 2.75) is 19.4 Å². The largest absolute Gasteiger partial charge is 0.480 e. The molecule has 0 aliphatic rings. The van der Waals surface area contributed by atoms with Gasteiger partial charge in [0, 0.05) is 5.56 Å². The summed E-state index contributed by atoms with van der Waals surface area (Å²) < 4.78 is 0. The summed E-state index contributed by atoms with van der Waals surface area (Å²) in [6, 6.07) is 6.45. The highest BCUT2D eigenvalue weighted by Crippen LogP contribution is 2.20. The maximum absolute atomic E-state index is 11.6. The average molecular weight is 237 g/mol. The number of nitrogens with one attached hydrogen (secondary N) is 1. The molecule has 3 N–H and O–H groups in total. The van der Waals surface area contributed by atoms with Gasteiger partial charge in [-0.05, 0) is 31.5 Å². The molecule has 0 aliphatic carbocycles. The summed E-state index contributed by atoms with van der Waals surface area (Å²) in [5, 5.41) is 20.5. The SMILES string of the molecule is CC(C)(O)c1cccc(C(=O)NCC(=O)O)c1. The van der Waals surface area contributed by atoms with E-state index in [2.05, 4.69) is 5.32 Å². The van der Waals surface area contributed by atoms with Crippen molar-refractivity contribution in [1.82, 2.24) is 5.32 Å². The fourth-order valence-corrected chi connectivity index (χ4v) is 1.30. The number of benzene rings is 1. The van der Waals surface area contributed by atoms with E-state index in [4.69, 9.17) is 5.11 Å². The first kappa shape index (κ1) is 13.2. The smallest absolute Gasteiger partial charge is 0.322 e. The van der Waals surface area contributed by atoms with E-state index in [0.29, 0.717) is 11.1 Å². The quantitative estimate of drug-likeness (QED) is 0.720. The molecule has 0 bridgehead atoms. The third-order valence-corrected chi connectivity index (χ3v) is 2.23. The van der Waals surface area contributed by atoms with Gasteiger partial charge in [-0.1, -0.05) is 12.1 Å². The van der Waals surface area contributed by atoms with Crippen LogP contribution in [0, 0.1) is 0 Å². The molecule has 0 heterocycles. The van der Waals surface area contributed by atoms with Gasteiger partial charge in [-0.2, -0.15) is 0 Å². The lowest BCUT2D eigenvalue weighted by Crippen LogP contribution is -2.29. The summed E-state index contributed by atoms with van der Waals surface area (Å²) in [7, 11) is 0. The summed E-state index contributed by atoms with van der Waals surface area (Å²) in [4.78, 5) is 21.9. The molecule has 0 fully saturated rings. The minimum atomic E-state index is -1.10. The topological polar surface area (TPSA) is 86.6 Å². The van der Waals surface area contributed by atoms with Gasteiger partial charge in [0.15, 0.2) is 0 Å². The molecule has 92 valence electrons. The van der Waals surface area contributed by atoms with Crippen LogP contribution in [-0.4, -0.2) is 28.6 Å². The first-order valence-electron chi connectivity index (χ1n) is 5.13. The van der Waals surface area contributed by atoms with Gasteiger partial charge in [0.25, 0.3) is 5.91 Å². The highest BCUT2D eigenvalue weighted by Gasteiger charge is 2.17. The maximum atomic E-state index is 11.6. The highest BCUT2D eigenvalue weighted by atomic mass is 16.4. The summed E-state index contributed by atoms with van der Waals surface area (Å²) in [6.45, 7) is 2.80. The Kier molecular flexibility index (Phi) is 3.85. The van der Waals surface area contributed by atoms with Gasteiger partial charge in [0.2, 0.25) is 0 Å². The average Bonchev–Trinajstić information content (AvgIpc) is 2.25. The van der Waals surface area contributed by atoms with E-state index in [0.717, 1.165) is 0 Å². The number of carbonyl (C=O) groups excluding carboxylic acids is 1. The molecule has 0 unspecified atom stereocenters. The van der Waals surface area contributed by atoms with Gasteiger partial charge < -0.3 is 15.5 Å². The first-order chi connectivity index (χ1) is 7.80. The van der Waals surface area contributed by atoms with Crippen LogP contribution in [0.3, 0.4) is 0 Å². The molecule has 0 saturated heterocycles. The Bertz CT molecular complexity index is 434. The molecule has 0 spiro atoms. The molecule has 0 aliphatic heterocycles. The Hall–Kier alpha value is -1.88. The molecule has 0 aromatic heterocycles. The van der Waals surface area contributed by atoms with Gasteiger partial charge in [0.05, 0.1) is 5.60 Å². The standard InChI is InChI=1S/C12H15NO4/c1-12(2,17)9-5-3-4-8(6-9)11(16)13-7-10(14)15/h3-6,17H,7H2,1-2H3,(H,13,16)(H,14,15). The molecule has 1 amide bonds. The van der Waals surface area contributed by atoms with Crippen molar-refractivity contribution in [2.24, 2.45) is 0 Å². The second-order valence-corrected chi connectivity index (χ2v) is 4.22. The van der Waals surface area contributed by atoms with Crippen LogP contribution in [0.5, 0.6) is 0 Å². The van der Waals surface area contributed by atoms with E-state index < -0.39 is 24.0 Å². The third-order valence-electron chi connectivity index (χ3n) is 2.23. The van der Waals surface area contributed by atoms with E-state index in [-0.39, 0.29) is 0 Å². The van der Waals surface area contributed by atoms with Crippen molar-refractivity contribution in [3.63, 3.8) is 0 Å². The Labute approximate surface area is 99.1 Å². The lowest BCUT2D eigenvalue weighted by Gasteiger charge is -2.18. The van der Waals surface area contributed by atoms with Gasteiger partial charge in [-0.25, -0.2) is 0 Å². The molecule has 0 saturated carbocycles. The molecular weight excluding hydrogens is 222 g/mol. The fraction of sp³-hybridized carbons (Fsp3) is 0.333. The summed E-state index contributed by atoms with van der Waals surface area (Å²) in [5.74, 6) is -1.57. The zero-order chi connectivity index (χ0) is 13.1. The molecule has 1 rings (SSSR count). The number of rotatable bonds is 4. The molecule has 1 aromatic carbocycles. The van der Waals surface area contributed by atoms with Crippen LogP contribution in [0.4, 0.5) is 0 Å². The summed E-state index contributed by atoms with van der Waals surface area (Å²) in [6.07, 6.45) is 0. The molecule has 0 radical (unpaired) electrons. The number of amides is 1. The molecule has 17 heavy (non-hydrogen) atoms. The maximum Gasteiger partial charge on any atom is 0.322 e. The van der Waals surface area contributed by atoms with Crippen molar-refractivity contribution in [3.05, 3.63) is 35.4 Å². The minimum Gasteiger partial charge on any atom is -0.480 e. The fourth-order valence-electron chi connectivity index (χ4n) is 1.30. The number of carboxylic acids is 1. The van der Waals surface area contributed by atoms with Crippen LogP contribution >= 0.6 is 0 Å². The van der Waals surface area contributed by atoms with Gasteiger partial charge >= 0.3 is 5.97 Å². The number of hydrogen-bond acceptors (Lipinski definition) is 3. The van der Waals surface area contributed by atoms with Crippen LogP contribution in [-0.2, 0) is 10.4 Å². The van der Waals surface area contributed by atoms with Gasteiger partial charge in [-0.3, -0.25) is 9.59 Å². The van der Waals surface area contributed by atoms with Crippen LogP contribution in [0.1, 0.15) is 29.8 Å². The van der Waals surface area contributed by atoms with Crippen molar-refractivity contribution in [1.29, 1.82) is 0 Å². The summed E-state index contributed by atoms with van der Waals surface area (Å²) in [5.41, 5.74) is -0.116. The van der Waals surface area contributed by atoms with E-state index in [1.54, 1.807) is 32.0 Å². The first-order valence-corrected chi connectivity index (χ1v) is 5.13. The second kappa shape index (κ2) is 4.97. The molecule has 0 atom stereocenters. The zero-order valence-corrected chi connectivity index (χ0v) is 9.73. The van der Waals surface area contributed by atoms with Crippen LogP contribution in [0.25, 0.3) is 0 Å². The van der Waals surface area contributed by atoms with Crippen molar-refractivity contribution >= 4 is 11.9 Å². The second-order valence-electron chi connectivity index (χ2n) is 4.22. The minimum absolute atomic E-state index is 0.325.